The van der Waals surface area contributed by atoms with Crippen LogP contribution in [0.5, 0.6) is 5.75 Å². The molecule has 1 aromatic carbocycles. The summed E-state index contributed by atoms with van der Waals surface area (Å²) in [4.78, 5) is 29.7. The third kappa shape index (κ3) is 5.05. The number of nitrogens with zero attached hydrogens (tertiary/aromatic N) is 1. The Labute approximate surface area is 192 Å². The number of aryl methyl sites for hydroxylation is 1. The van der Waals surface area contributed by atoms with E-state index < -0.39 is 6.04 Å². The number of thiophene rings is 1. The van der Waals surface area contributed by atoms with Gasteiger partial charge in [-0.15, -0.1) is 11.3 Å². The number of carbonyl (C=O) groups excluding carboxylic acids is 2. The summed E-state index contributed by atoms with van der Waals surface area (Å²) in [5.74, 6) is 1.34. The Balaban J connectivity index is 1.75. The molecule has 1 saturated carbocycles. The number of benzene rings is 1. The fourth-order valence-electron chi connectivity index (χ4n) is 4.17. The van der Waals surface area contributed by atoms with Crippen LogP contribution in [0, 0.1) is 6.92 Å². The highest BCUT2D eigenvalue weighted by molar-refractivity contribution is 7.10. The second-order valence-electron chi connectivity index (χ2n) is 8.06. The van der Waals surface area contributed by atoms with Gasteiger partial charge in [-0.3, -0.25) is 14.5 Å². The average Bonchev–Trinajstić information content (AvgIpc) is 3.56. The van der Waals surface area contributed by atoms with Crippen molar-refractivity contribution in [3.05, 3.63) is 70.3 Å². The predicted molar refractivity (Wildman–Crippen MR) is 125 cm³/mol. The van der Waals surface area contributed by atoms with E-state index in [4.69, 9.17) is 9.15 Å². The smallest absolute Gasteiger partial charge is 0.251 e. The molecule has 2 aromatic heterocycles. The van der Waals surface area contributed by atoms with Gasteiger partial charge < -0.3 is 14.5 Å². The maximum absolute atomic E-state index is 13.6. The number of methoxy groups -OCH3 is 1. The van der Waals surface area contributed by atoms with Crippen LogP contribution < -0.4 is 15.0 Å². The molecule has 0 unspecified atom stereocenters. The van der Waals surface area contributed by atoms with Crippen LogP contribution in [0.15, 0.2) is 58.3 Å². The number of hydrogen-bond acceptors (Lipinski definition) is 5. The van der Waals surface area contributed by atoms with Crippen LogP contribution in [0.1, 0.15) is 48.1 Å². The zero-order valence-electron chi connectivity index (χ0n) is 18.4. The van der Waals surface area contributed by atoms with E-state index in [1.807, 2.05) is 48.7 Å². The molecule has 6 nitrogen and oxygen atoms in total. The molecule has 7 heteroatoms. The normalized spacial score (nSPS) is 14.8. The van der Waals surface area contributed by atoms with Crippen molar-refractivity contribution in [2.75, 3.05) is 12.0 Å². The number of amides is 2. The zero-order chi connectivity index (χ0) is 22.5. The predicted octanol–water partition coefficient (Wildman–Crippen LogP) is 5.03. The number of nitrogens with one attached hydrogen (secondary N) is 1. The van der Waals surface area contributed by atoms with Gasteiger partial charge in [0.25, 0.3) is 5.91 Å². The minimum Gasteiger partial charge on any atom is -0.497 e. The summed E-state index contributed by atoms with van der Waals surface area (Å²) >= 11 is 1.52. The van der Waals surface area contributed by atoms with Gasteiger partial charge in [-0.2, -0.15) is 0 Å². The van der Waals surface area contributed by atoms with Gasteiger partial charge in [-0.1, -0.05) is 25.0 Å². The van der Waals surface area contributed by atoms with Crippen molar-refractivity contribution in [3.8, 4) is 5.75 Å². The van der Waals surface area contributed by atoms with Crippen molar-refractivity contribution in [1.82, 2.24) is 5.32 Å². The van der Waals surface area contributed by atoms with Gasteiger partial charge in [0, 0.05) is 22.7 Å². The van der Waals surface area contributed by atoms with Crippen molar-refractivity contribution < 1.29 is 18.7 Å². The molecule has 0 radical (unpaired) electrons. The highest BCUT2D eigenvalue weighted by atomic mass is 32.1. The average molecular weight is 453 g/mol. The minimum atomic E-state index is -0.913. The lowest BCUT2D eigenvalue weighted by atomic mass is 10.1. The first-order chi connectivity index (χ1) is 15.5. The molecule has 168 valence electrons. The summed E-state index contributed by atoms with van der Waals surface area (Å²) in [6.07, 6.45) is 4.32. The number of rotatable bonds is 8. The molecule has 0 bridgehead atoms. The van der Waals surface area contributed by atoms with Crippen LogP contribution in [0.25, 0.3) is 0 Å². The molecule has 3 aromatic rings. The van der Waals surface area contributed by atoms with Crippen molar-refractivity contribution in [1.29, 1.82) is 0 Å². The summed E-state index contributed by atoms with van der Waals surface area (Å²) in [7, 11) is 1.58. The quantitative estimate of drug-likeness (QED) is 0.520. The van der Waals surface area contributed by atoms with E-state index in [2.05, 4.69) is 5.32 Å². The third-order valence-corrected chi connectivity index (χ3v) is 6.62. The first-order valence-corrected chi connectivity index (χ1v) is 11.8. The van der Waals surface area contributed by atoms with Gasteiger partial charge in [-0.05, 0) is 55.5 Å². The van der Waals surface area contributed by atoms with E-state index >= 15 is 0 Å². The maximum Gasteiger partial charge on any atom is 0.251 e. The SMILES string of the molecule is COc1cccc(N(C(=O)Cc2cccs2)[C@H](C(=O)NC2CCCC2)c2ccc(C)o2)c1. The van der Waals surface area contributed by atoms with Crippen molar-refractivity contribution in [3.63, 3.8) is 0 Å². The first-order valence-electron chi connectivity index (χ1n) is 10.9. The summed E-state index contributed by atoms with van der Waals surface area (Å²) < 4.78 is 11.3. The van der Waals surface area contributed by atoms with Gasteiger partial charge in [0.2, 0.25) is 5.91 Å². The monoisotopic (exact) mass is 452 g/mol. The van der Waals surface area contributed by atoms with Crippen LogP contribution in [-0.4, -0.2) is 25.0 Å². The van der Waals surface area contributed by atoms with E-state index in [9.17, 15) is 9.59 Å². The van der Waals surface area contributed by atoms with Crippen molar-refractivity contribution >= 4 is 28.8 Å². The Morgan fingerprint density at radius 2 is 2.00 bits per heavy atom. The molecule has 2 heterocycles. The Morgan fingerprint density at radius 3 is 2.66 bits per heavy atom. The van der Waals surface area contributed by atoms with Gasteiger partial charge in [-0.25, -0.2) is 0 Å². The molecule has 2 amide bonds. The van der Waals surface area contributed by atoms with Gasteiger partial charge in [0.1, 0.15) is 17.3 Å². The number of furan rings is 1. The van der Waals surface area contributed by atoms with Crippen molar-refractivity contribution in [2.24, 2.45) is 0 Å². The zero-order valence-corrected chi connectivity index (χ0v) is 19.2. The molecule has 4 rings (SSSR count). The maximum atomic E-state index is 13.6. The summed E-state index contributed by atoms with van der Waals surface area (Å²) in [6, 6.07) is 13.9. The van der Waals surface area contributed by atoms with E-state index in [0.29, 0.717) is 23.0 Å². The number of ether oxygens (including phenoxy) is 1. The summed E-state index contributed by atoms with van der Waals surface area (Å²) in [5.41, 5.74) is 0.589. The van der Waals surface area contributed by atoms with Gasteiger partial charge in [0.15, 0.2) is 6.04 Å². The molecule has 1 fully saturated rings. The number of carbonyl (C=O) groups is 2. The minimum absolute atomic E-state index is 0.126. The molecule has 0 spiro atoms. The molecule has 1 atom stereocenters. The van der Waals surface area contributed by atoms with Crippen LogP contribution >= 0.6 is 11.3 Å². The molecule has 1 aliphatic rings. The second-order valence-corrected chi connectivity index (χ2v) is 9.09. The van der Waals surface area contributed by atoms with Crippen LogP contribution in [0.3, 0.4) is 0 Å². The fourth-order valence-corrected chi connectivity index (χ4v) is 4.86. The highest BCUT2D eigenvalue weighted by Gasteiger charge is 2.36. The summed E-state index contributed by atoms with van der Waals surface area (Å²) in [6.45, 7) is 1.83. The van der Waals surface area contributed by atoms with Crippen LogP contribution in [0.4, 0.5) is 5.69 Å². The Bertz CT molecular complexity index is 1050. The third-order valence-electron chi connectivity index (χ3n) is 5.74. The van der Waals surface area contributed by atoms with Crippen molar-refractivity contribution in [2.45, 2.75) is 51.1 Å². The van der Waals surface area contributed by atoms with E-state index in [1.54, 1.807) is 24.1 Å². The largest absolute Gasteiger partial charge is 0.497 e. The molecule has 32 heavy (non-hydrogen) atoms. The molecule has 0 aliphatic heterocycles. The molecular weight excluding hydrogens is 424 g/mol. The lowest BCUT2D eigenvalue weighted by Crippen LogP contribution is -2.46. The topological polar surface area (TPSA) is 71.8 Å². The molecular formula is C25H28N2O4S. The first kappa shape index (κ1) is 22.1. The van der Waals surface area contributed by atoms with E-state index in [1.165, 1.54) is 11.3 Å². The molecule has 1 N–H and O–H groups in total. The standard InChI is InChI=1S/C25H28N2O4S/c1-17-12-13-22(31-17)24(25(29)26-18-7-3-4-8-18)27(19-9-5-10-20(15-19)30-2)23(28)16-21-11-6-14-32-21/h5-6,9-15,18,24H,3-4,7-8,16H2,1-2H3,(H,26,29)/t24-/m0/s1. The molecule has 1 aliphatic carbocycles. The second kappa shape index (κ2) is 10.0. The highest BCUT2D eigenvalue weighted by Crippen LogP contribution is 2.33. The van der Waals surface area contributed by atoms with E-state index in [-0.39, 0.29) is 24.3 Å². The van der Waals surface area contributed by atoms with E-state index in [0.717, 1.165) is 30.6 Å². The van der Waals surface area contributed by atoms with Gasteiger partial charge >= 0.3 is 0 Å². The lowest BCUT2D eigenvalue weighted by molar-refractivity contribution is -0.127. The lowest BCUT2D eigenvalue weighted by Gasteiger charge is -2.31. The Kier molecular flexibility index (Phi) is 6.95. The number of hydrogen-bond donors (Lipinski definition) is 1. The van der Waals surface area contributed by atoms with Crippen LogP contribution in [-0.2, 0) is 16.0 Å². The van der Waals surface area contributed by atoms with Crippen LogP contribution in [0.2, 0.25) is 0 Å². The fraction of sp³-hybridized carbons (Fsp3) is 0.360. The Morgan fingerprint density at radius 1 is 1.19 bits per heavy atom. The molecule has 0 saturated heterocycles. The summed E-state index contributed by atoms with van der Waals surface area (Å²) in [5, 5.41) is 5.10. The number of anilines is 1. The Hall–Kier alpha value is -3.06. The van der Waals surface area contributed by atoms with Gasteiger partial charge in [0.05, 0.1) is 13.5 Å².